The van der Waals surface area contributed by atoms with Gasteiger partial charge < -0.3 is 20.4 Å². The van der Waals surface area contributed by atoms with Crippen LogP contribution in [0.5, 0.6) is 11.5 Å². The van der Waals surface area contributed by atoms with Crippen LogP contribution in [0, 0.1) is 13.8 Å². The highest BCUT2D eigenvalue weighted by Crippen LogP contribution is 2.23. The quantitative estimate of drug-likeness (QED) is 0.476. The van der Waals surface area contributed by atoms with Crippen molar-refractivity contribution in [2.45, 2.75) is 27.1 Å². The summed E-state index contributed by atoms with van der Waals surface area (Å²) in [5.74, 6) is -0.168. The second-order valence-corrected chi connectivity index (χ2v) is 5.07. The van der Waals surface area contributed by atoms with E-state index in [0.717, 1.165) is 0 Å². The second kappa shape index (κ2) is 7.62. The molecule has 0 spiro atoms. The van der Waals surface area contributed by atoms with Crippen LogP contribution in [0.2, 0.25) is 0 Å². The van der Waals surface area contributed by atoms with Crippen molar-refractivity contribution in [2.24, 2.45) is 10.2 Å². The van der Waals surface area contributed by atoms with Crippen molar-refractivity contribution in [1.82, 2.24) is 9.97 Å². The molecule has 8 heteroatoms. The Kier molecular flexibility index (Phi) is 5.56. The third-order valence-corrected chi connectivity index (χ3v) is 3.50. The Morgan fingerprint density at radius 2 is 1.21 bits per heavy atom. The van der Waals surface area contributed by atoms with E-state index in [9.17, 15) is 20.4 Å². The lowest BCUT2D eigenvalue weighted by atomic mass is 10.1. The van der Waals surface area contributed by atoms with E-state index < -0.39 is 0 Å². The Morgan fingerprint density at radius 1 is 0.833 bits per heavy atom. The zero-order valence-electron chi connectivity index (χ0n) is 13.3. The summed E-state index contributed by atoms with van der Waals surface area (Å²) in [6.45, 7) is 2.65. The van der Waals surface area contributed by atoms with E-state index in [4.69, 9.17) is 0 Å². The third kappa shape index (κ3) is 3.55. The van der Waals surface area contributed by atoms with Crippen LogP contribution in [0.3, 0.4) is 0 Å². The lowest BCUT2D eigenvalue weighted by Gasteiger charge is -2.07. The second-order valence-electron chi connectivity index (χ2n) is 5.07. The number of pyridine rings is 2. The highest BCUT2D eigenvalue weighted by Gasteiger charge is 2.10. The molecule has 0 amide bonds. The first kappa shape index (κ1) is 17.5. The first-order valence-corrected chi connectivity index (χ1v) is 7.12. The van der Waals surface area contributed by atoms with Crippen LogP contribution in [0.1, 0.15) is 33.6 Å². The largest absolute Gasteiger partial charge is 0.505 e. The van der Waals surface area contributed by atoms with Gasteiger partial charge in [0, 0.05) is 34.6 Å². The average Bonchev–Trinajstić information content (AvgIpc) is 2.58. The van der Waals surface area contributed by atoms with Crippen LogP contribution >= 0.6 is 0 Å². The maximum Gasteiger partial charge on any atom is 0.145 e. The first-order chi connectivity index (χ1) is 11.5. The summed E-state index contributed by atoms with van der Waals surface area (Å²) in [6, 6.07) is 0. The van der Waals surface area contributed by atoms with E-state index in [0.29, 0.717) is 33.6 Å². The van der Waals surface area contributed by atoms with E-state index in [1.807, 2.05) is 0 Å². The molecule has 0 atom stereocenters. The standard InChI is InChI=1S/C16H18N4O4/c1-9-15(23)13(11(7-21)3-17-9)5-19-20-6-14-12(8-22)4-18-10(2)16(14)24/h3-6,21-24H,7-8H2,1-2H3/b19-5+,20-6+. The summed E-state index contributed by atoms with van der Waals surface area (Å²) in [4.78, 5) is 7.90. The van der Waals surface area contributed by atoms with Crippen LogP contribution in [0.4, 0.5) is 0 Å². The number of aromatic hydroxyl groups is 2. The fourth-order valence-corrected chi connectivity index (χ4v) is 2.03. The van der Waals surface area contributed by atoms with Gasteiger partial charge in [-0.15, -0.1) is 0 Å². The smallest absolute Gasteiger partial charge is 0.145 e. The van der Waals surface area contributed by atoms with Crippen LogP contribution in [0.25, 0.3) is 0 Å². The summed E-state index contributed by atoms with van der Waals surface area (Å²) in [5, 5.41) is 46.2. The molecule has 24 heavy (non-hydrogen) atoms. The molecule has 4 N–H and O–H groups in total. The molecule has 8 nitrogen and oxygen atoms in total. The molecule has 0 bridgehead atoms. The minimum absolute atomic E-state index is 0.0841. The van der Waals surface area contributed by atoms with Gasteiger partial charge in [0.1, 0.15) is 11.5 Å². The maximum atomic E-state index is 9.99. The van der Waals surface area contributed by atoms with E-state index >= 15 is 0 Å². The van der Waals surface area contributed by atoms with Gasteiger partial charge in [-0.3, -0.25) is 9.97 Å². The minimum atomic E-state index is -0.301. The SMILES string of the molecule is Cc1ncc(CO)c(/C=N/N=C/c2c(CO)cnc(C)c2O)c1O. The summed E-state index contributed by atoms with van der Waals surface area (Å²) in [7, 11) is 0. The molecule has 2 heterocycles. The Hall–Kier alpha value is -2.84. The predicted molar refractivity (Wildman–Crippen MR) is 88.3 cm³/mol. The van der Waals surface area contributed by atoms with Gasteiger partial charge in [0.2, 0.25) is 0 Å². The lowest BCUT2D eigenvalue weighted by Crippen LogP contribution is -1.98. The fraction of sp³-hybridized carbons (Fsp3) is 0.250. The number of hydrogen-bond acceptors (Lipinski definition) is 8. The monoisotopic (exact) mass is 330 g/mol. The van der Waals surface area contributed by atoms with E-state index in [2.05, 4.69) is 20.2 Å². The van der Waals surface area contributed by atoms with Crippen molar-refractivity contribution < 1.29 is 20.4 Å². The van der Waals surface area contributed by atoms with Crippen molar-refractivity contribution in [3.05, 3.63) is 46.0 Å². The van der Waals surface area contributed by atoms with Gasteiger partial charge in [-0.05, 0) is 13.8 Å². The Bertz CT molecular complexity index is 736. The highest BCUT2D eigenvalue weighted by molar-refractivity contribution is 5.88. The molecule has 0 aliphatic carbocycles. The van der Waals surface area contributed by atoms with Gasteiger partial charge in [-0.25, -0.2) is 0 Å². The van der Waals surface area contributed by atoms with Crippen LogP contribution in [-0.2, 0) is 13.2 Å². The third-order valence-electron chi connectivity index (χ3n) is 3.50. The van der Waals surface area contributed by atoms with Gasteiger partial charge in [-0.1, -0.05) is 0 Å². The minimum Gasteiger partial charge on any atom is -0.505 e. The molecule has 2 aromatic rings. The normalized spacial score (nSPS) is 11.7. The number of nitrogens with zero attached hydrogens (tertiary/aromatic N) is 4. The van der Waals surface area contributed by atoms with Crippen molar-refractivity contribution >= 4 is 12.4 Å². The molecule has 0 fully saturated rings. The molecule has 2 rings (SSSR count). The number of aliphatic hydroxyl groups is 2. The molecule has 0 radical (unpaired) electrons. The summed E-state index contributed by atoms with van der Waals surface area (Å²) in [6.07, 6.45) is 5.47. The predicted octanol–water partition coefficient (Wildman–Crippen LogP) is 0.942. The van der Waals surface area contributed by atoms with Crippen LogP contribution in [-0.4, -0.2) is 42.8 Å². The first-order valence-electron chi connectivity index (χ1n) is 7.12. The fourth-order valence-electron chi connectivity index (χ4n) is 2.03. The zero-order valence-corrected chi connectivity index (χ0v) is 13.3. The number of aromatic nitrogens is 2. The Balaban J connectivity index is 2.32. The number of aliphatic hydroxyl groups excluding tert-OH is 2. The van der Waals surface area contributed by atoms with Gasteiger partial charge >= 0.3 is 0 Å². The van der Waals surface area contributed by atoms with Gasteiger partial charge in [-0.2, -0.15) is 10.2 Å². The summed E-state index contributed by atoms with van der Waals surface area (Å²) >= 11 is 0. The van der Waals surface area contributed by atoms with E-state index in [1.54, 1.807) is 13.8 Å². The summed E-state index contributed by atoms with van der Waals surface area (Å²) in [5.41, 5.74) is 2.27. The van der Waals surface area contributed by atoms with Crippen molar-refractivity contribution in [2.75, 3.05) is 0 Å². The molecular formula is C16H18N4O4. The molecule has 0 aromatic carbocycles. The number of rotatable bonds is 5. The molecule has 2 aromatic heterocycles. The van der Waals surface area contributed by atoms with Gasteiger partial charge in [0.15, 0.2) is 0 Å². The molecule has 0 unspecified atom stereocenters. The van der Waals surface area contributed by atoms with E-state index in [-0.39, 0.29) is 24.7 Å². The van der Waals surface area contributed by atoms with Gasteiger partial charge in [0.05, 0.1) is 37.0 Å². The molecule has 0 saturated carbocycles. The highest BCUT2D eigenvalue weighted by atomic mass is 16.3. The van der Waals surface area contributed by atoms with Crippen molar-refractivity contribution in [3.63, 3.8) is 0 Å². The summed E-state index contributed by atoms with van der Waals surface area (Å²) < 4.78 is 0. The molecule has 126 valence electrons. The Morgan fingerprint density at radius 3 is 1.54 bits per heavy atom. The van der Waals surface area contributed by atoms with E-state index in [1.165, 1.54) is 24.8 Å². The lowest BCUT2D eigenvalue weighted by molar-refractivity contribution is 0.280. The topological polar surface area (TPSA) is 131 Å². The molecule has 0 aliphatic heterocycles. The zero-order chi connectivity index (χ0) is 17.7. The molecule has 0 aliphatic rings. The van der Waals surface area contributed by atoms with Crippen LogP contribution in [0.15, 0.2) is 22.6 Å². The average molecular weight is 330 g/mol. The van der Waals surface area contributed by atoms with Gasteiger partial charge in [0.25, 0.3) is 0 Å². The van der Waals surface area contributed by atoms with Crippen molar-refractivity contribution in [1.29, 1.82) is 0 Å². The number of hydrogen-bond donors (Lipinski definition) is 4. The van der Waals surface area contributed by atoms with Crippen molar-refractivity contribution in [3.8, 4) is 11.5 Å². The maximum absolute atomic E-state index is 9.99. The molecule has 0 saturated heterocycles. The van der Waals surface area contributed by atoms with Crippen LogP contribution < -0.4 is 0 Å². The Labute approximate surface area is 138 Å². The number of aryl methyl sites for hydroxylation is 2. The molecular weight excluding hydrogens is 312 g/mol.